The summed E-state index contributed by atoms with van der Waals surface area (Å²) in [4.78, 5) is 11.6. The number of thiophene rings is 1. The minimum Gasteiger partial charge on any atom is -0.496 e. The van der Waals surface area contributed by atoms with Gasteiger partial charge in [0.2, 0.25) is 0 Å². The number of rotatable bonds is 2. The number of carbonyl (C=O) groups excluding carboxylic acids is 1. The molecule has 1 aromatic heterocycles. The van der Waals surface area contributed by atoms with Crippen LogP contribution in [0.3, 0.4) is 0 Å². The first kappa shape index (κ1) is 9.55. The van der Waals surface area contributed by atoms with Gasteiger partial charge in [-0.15, -0.1) is 24.0 Å². The summed E-state index contributed by atoms with van der Waals surface area (Å²) >= 11 is 5.83. The molecule has 0 fully saturated rings. The van der Waals surface area contributed by atoms with E-state index in [1.165, 1.54) is 11.3 Å². The fourth-order valence-corrected chi connectivity index (χ4v) is 2.77. The Morgan fingerprint density at radius 3 is 2.93 bits per heavy atom. The zero-order chi connectivity index (χ0) is 10.1. The zero-order valence-electron chi connectivity index (χ0n) is 7.48. The first-order valence-corrected chi connectivity index (χ1v) is 5.33. The van der Waals surface area contributed by atoms with E-state index >= 15 is 0 Å². The Labute approximate surface area is 90.9 Å². The lowest BCUT2D eigenvalue weighted by atomic mass is 10.1. The molecule has 2 rings (SSSR count). The summed E-state index contributed by atoms with van der Waals surface area (Å²) in [5.74, 6) is 0.761. The molecule has 0 atom stereocenters. The van der Waals surface area contributed by atoms with Crippen molar-refractivity contribution in [2.24, 2.45) is 0 Å². The van der Waals surface area contributed by atoms with Crippen LogP contribution in [0.5, 0.6) is 5.75 Å². The lowest BCUT2D eigenvalue weighted by molar-refractivity contribution is 0.112. The van der Waals surface area contributed by atoms with Gasteiger partial charge in [-0.1, -0.05) is 0 Å². The van der Waals surface area contributed by atoms with Gasteiger partial charge in [0.25, 0.3) is 0 Å². The van der Waals surface area contributed by atoms with Crippen LogP contribution in [-0.4, -0.2) is 13.4 Å². The van der Waals surface area contributed by atoms with Crippen LogP contribution in [0, 0.1) is 0 Å². The average molecular weight is 224 g/mol. The molecule has 0 N–H and O–H groups in total. The van der Waals surface area contributed by atoms with Gasteiger partial charge < -0.3 is 4.74 Å². The van der Waals surface area contributed by atoms with Crippen molar-refractivity contribution in [1.29, 1.82) is 0 Å². The first-order valence-electron chi connectivity index (χ1n) is 4.00. The van der Waals surface area contributed by atoms with Crippen LogP contribution in [-0.2, 0) is 0 Å². The van der Waals surface area contributed by atoms with E-state index in [0.29, 0.717) is 5.56 Å². The highest BCUT2D eigenvalue weighted by molar-refractivity contribution is 7.80. The number of ether oxygens (including phenoxy) is 1. The van der Waals surface area contributed by atoms with E-state index in [9.17, 15) is 4.79 Å². The molecule has 14 heavy (non-hydrogen) atoms. The molecule has 0 unspecified atom stereocenters. The third kappa shape index (κ3) is 1.31. The Bertz CT molecular complexity index is 488. The third-order valence-electron chi connectivity index (χ3n) is 2.04. The van der Waals surface area contributed by atoms with E-state index in [4.69, 9.17) is 4.74 Å². The van der Waals surface area contributed by atoms with Crippen molar-refractivity contribution < 1.29 is 9.53 Å². The monoisotopic (exact) mass is 224 g/mol. The summed E-state index contributed by atoms with van der Waals surface area (Å²) in [7, 11) is 1.61. The predicted octanol–water partition coefficient (Wildman–Crippen LogP) is 3.01. The Morgan fingerprint density at radius 2 is 2.29 bits per heavy atom. The van der Waals surface area contributed by atoms with Gasteiger partial charge in [0.05, 0.1) is 7.11 Å². The van der Waals surface area contributed by atoms with Crippen LogP contribution in [0.2, 0.25) is 0 Å². The lowest BCUT2D eigenvalue weighted by Gasteiger charge is -2.03. The van der Waals surface area contributed by atoms with E-state index in [2.05, 4.69) is 12.6 Å². The smallest absolute Gasteiger partial charge is 0.151 e. The second kappa shape index (κ2) is 3.63. The molecular formula is C10H8O2S2. The Kier molecular flexibility index (Phi) is 2.48. The highest BCUT2D eigenvalue weighted by Gasteiger charge is 2.10. The minimum atomic E-state index is 0.686. The molecule has 72 valence electrons. The van der Waals surface area contributed by atoms with Crippen molar-refractivity contribution in [2.75, 3.05) is 7.11 Å². The topological polar surface area (TPSA) is 26.3 Å². The van der Waals surface area contributed by atoms with Gasteiger partial charge in [0, 0.05) is 25.9 Å². The van der Waals surface area contributed by atoms with Crippen LogP contribution in [0.4, 0.5) is 0 Å². The van der Waals surface area contributed by atoms with Gasteiger partial charge in [-0.25, -0.2) is 0 Å². The van der Waals surface area contributed by atoms with Crippen LogP contribution < -0.4 is 4.74 Å². The summed E-state index contributed by atoms with van der Waals surface area (Å²) in [6.45, 7) is 0. The van der Waals surface area contributed by atoms with E-state index in [0.717, 1.165) is 27.0 Å². The van der Waals surface area contributed by atoms with Crippen molar-refractivity contribution >= 4 is 40.3 Å². The number of benzene rings is 1. The van der Waals surface area contributed by atoms with Crippen LogP contribution >= 0.6 is 24.0 Å². The number of hydrogen-bond acceptors (Lipinski definition) is 4. The van der Waals surface area contributed by atoms with E-state index in [-0.39, 0.29) is 0 Å². The Balaban J connectivity index is 2.87. The maximum atomic E-state index is 10.8. The van der Waals surface area contributed by atoms with Crippen molar-refractivity contribution in [1.82, 2.24) is 0 Å². The molecule has 0 saturated carbocycles. The zero-order valence-corrected chi connectivity index (χ0v) is 9.19. The maximum Gasteiger partial charge on any atom is 0.151 e. The van der Waals surface area contributed by atoms with Gasteiger partial charge >= 0.3 is 0 Å². The van der Waals surface area contributed by atoms with Crippen molar-refractivity contribution in [3.8, 4) is 5.75 Å². The normalized spacial score (nSPS) is 10.4. The van der Waals surface area contributed by atoms with Crippen molar-refractivity contribution in [2.45, 2.75) is 4.90 Å². The Morgan fingerprint density at radius 1 is 1.50 bits per heavy atom. The van der Waals surface area contributed by atoms with Gasteiger partial charge in [-0.05, 0) is 12.1 Å². The number of hydrogen-bond donors (Lipinski definition) is 1. The molecule has 0 aliphatic rings. The SMILES string of the molecule is COc1ccc(C=O)c2scc(S)c12. The van der Waals surface area contributed by atoms with E-state index in [1.54, 1.807) is 19.2 Å². The number of fused-ring (bicyclic) bond motifs is 1. The molecule has 1 heterocycles. The van der Waals surface area contributed by atoms with Gasteiger partial charge in [-0.3, -0.25) is 4.79 Å². The second-order valence-corrected chi connectivity index (χ2v) is 4.16. The fourth-order valence-electron chi connectivity index (χ4n) is 1.39. The first-order chi connectivity index (χ1) is 6.77. The van der Waals surface area contributed by atoms with Crippen LogP contribution in [0.25, 0.3) is 10.1 Å². The highest BCUT2D eigenvalue weighted by Crippen LogP contribution is 2.37. The van der Waals surface area contributed by atoms with Crippen LogP contribution in [0.15, 0.2) is 22.4 Å². The van der Waals surface area contributed by atoms with Gasteiger partial charge in [0.1, 0.15) is 5.75 Å². The molecule has 0 amide bonds. The Hall–Kier alpha value is -1.00. The molecule has 0 saturated heterocycles. The van der Waals surface area contributed by atoms with E-state index < -0.39 is 0 Å². The largest absolute Gasteiger partial charge is 0.496 e. The molecule has 4 heteroatoms. The van der Waals surface area contributed by atoms with Gasteiger partial charge in [-0.2, -0.15) is 0 Å². The lowest BCUT2D eigenvalue weighted by Crippen LogP contribution is -1.86. The fraction of sp³-hybridized carbons (Fsp3) is 0.100. The second-order valence-electron chi connectivity index (χ2n) is 2.80. The molecule has 0 aliphatic heterocycles. The summed E-state index contributed by atoms with van der Waals surface area (Å²) < 4.78 is 6.14. The summed E-state index contributed by atoms with van der Waals surface area (Å²) in [6.07, 6.45) is 0.853. The van der Waals surface area contributed by atoms with Gasteiger partial charge in [0.15, 0.2) is 6.29 Å². The van der Waals surface area contributed by atoms with Crippen LogP contribution in [0.1, 0.15) is 10.4 Å². The summed E-state index contributed by atoms with van der Waals surface area (Å²) in [5.41, 5.74) is 0.686. The molecule has 0 bridgehead atoms. The molecule has 2 nitrogen and oxygen atoms in total. The number of methoxy groups -OCH3 is 1. The standard InChI is InChI=1S/C10H8O2S2/c1-12-7-3-2-6(4-11)10-9(7)8(13)5-14-10/h2-5,13H,1H3. The average Bonchev–Trinajstić information content (AvgIpc) is 2.60. The third-order valence-corrected chi connectivity index (χ3v) is 3.60. The minimum absolute atomic E-state index is 0.686. The van der Waals surface area contributed by atoms with E-state index in [1.807, 2.05) is 5.38 Å². The molecule has 0 aliphatic carbocycles. The quantitative estimate of drug-likeness (QED) is 0.627. The predicted molar refractivity (Wildman–Crippen MR) is 61.0 cm³/mol. The molecule has 0 spiro atoms. The molecule has 2 aromatic rings. The van der Waals surface area contributed by atoms with Crippen molar-refractivity contribution in [3.05, 3.63) is 23.1 Å². The molecule has 1 aromatic carbocycles. The summed E-state index contributed by atoms with van der Waals surface area (Å²) in [6, 6.07) is 3.55. The summed E-state index contributed by atoms with van der Waals surface area (Å²) in [5, 5.41) is 2.83. The highest BCUT2D eigenvalue weighted by atomic mass is 32.1. The molecular weight excluding hydrogens is 216 g/mol. The van der Waals surface area contributed by atoms with Crippen molar-refractivity contribution in [3.63, 3.8) is 0 Å². The molecule has 0 radical (unpaired) electrons. The number of carbonyl (C=O) groups is 1. The number of aldehydes is 1. The maximum absolute atomic E-state index is 10.8. The number of thiol groups is 1.